The second-order valence-corrected chi connectivity index (χ2v) is 7.58. The summed E-state index contributed by atoms with van der Waals surface area (Å²) in [6.07, 6.45) is 10.9. The molecule has 0 amide bonds. The van der Waals surface area contributed by atoms with Crippen LogP contribution in [0.25, 0.3) is 0 Å². The predicted octanol–water partition coefficient (Wildman–Crippen LogP) is 5.37. The molecule has 0 aromatic rings. The van der Waals surface area contributed by atoms with Gasteiger partial charge in [0.15, 0.2) is 0 Å². The third-order valence-electron chi connectivity index (χ3n) is 6.66. The molecule has 0 saturated heterocycles. The Balaban J connectivity index is 2.51. The fourth-order valence-corrected chi connectivity index (χ4v) is 4.81. The van der Waals surface area contributed by atoms with E-state index in [-0.39, 0.29) is 17.3 Å². The summed E-state index contributed by atoms with van der Waals surface area (Å²) in [4.78, 5) is 12.4. The third-order valence-corrected chi connectivity index (χ3v) is 6.66. The zero-order valence-corrected chi connectivity index (χ0v) is 14.5. The summed E-state index contributed by atoms with van der Waals surface area (Å²) in [5, 5.41) is 10.2. The van der Waals surface area contributed by atoms with Crippen molar-refractivity contribution in [3.63, 3.8) is 0 Å². The molecular weight excluding hydrogens is 272 g/mol. The molecule has 4 atom stereocenters. The lowest BCUT2D eigenvalue weighted by molar-refractivity contribution is -0.167. The number of aliphatic carboxylic acids is 1. The monoisotopic (exact) mass is 302 g/mol. The van der Waals surface area contributed by atoms with Gasteiger partial charge in [-0.1, -0.05) is 49.8 Å². The molecule has 2 heteroatoms. The first kappa shape index (κ1) is 17.1. The summed E-state index contributed by atoms with van der Waals surface area (Å²) in [6.45, 7) is 12.4. The largest absolute Gasteiger partial charge is 0.481 e. The van der Waals surface area contributed by atoms with Crippen LogP contribution in [-0.4, -0.2) is 11.1 Å². The van der Waals surface area contributed by atoms with Crippen molar-refractivity contribution in [2.24, 2.45) is 22.7 Å². The van der Waals surface area contributed by atoms with Crippen molar-refractivity contribution in [1.82, 2.24) is 0 Å². The standard InChI is InChI=1S/C20H30O2/c1-6-14(2)10-13-20(18(21)22)16(4)11-12-19(5)15(3)8-7-9-17(19)20/h6,8,10,16-17H,1,7,9,11-13H2,2-5H3,(H,21,22)/b14-10-/t16-,17+,19+,20-/m1/s1. The highest BCUT2D eigenvalue weighted by Crippen LogP contribution is 2.61. The molecule has 1 N–H and O–H groups in total. The fourth-order valence-electron chi connectivity index (χ4n) is 4.81. The first-order chi connectivity index (χ1) is 10.3. The Morgan fingerprint density at radius 1 is 1.50 bits per heavy atom. The number of fused-ring (bicyclic) bond motifs is 1. The Labute approximate surface area is 135 Å². The minimum atomic E-state index is -0.646. The first-order valence-electron chi connectivity index (χ1n) is 8.49. The Bertz CT molecular complexity index is 528. The van der Waals surface area contributed by atoms with E-state index in [1.54, 1.807) is 0 Å². The molecule has 1 fully saturated rings. The molecule has 22 heavy (non-hydrogen) atoms. The van der Waals surface area contributed by atoms with E-state index in [2.05, 4.69) is 39.5 Å². The lowest BCUT2D eigenvalue weighted by atomic mass is 9.46. The Hall–Kier alpha value is -1.31. The van der Waals surface area contributed by atoms with Crippen LogP contribution in [0.2, 0.25) is 0 Å². The molecule has 2 aliphatic carbocycles. The van der Waals surface area contributed by atoms with Gasteiger partial charge in [0, 0.05) is 0 Å². The number of carbonyl (C=O) groups is 1. The number of hydrogen-bond acceptors (Lipinski definition) is 1. The summed E-state index contributed by atoms with van der Waals surface area (Å²) in [7, 11) is 0. The molecule has 0 unspecified atom stereocenters. The molecule has 0 aromatic carbocycles. The van der Waals surface area contributed by atoms with Gasteiger partial charge in [-0.05, 0) is 63.2 Å². The van der Waals surface area contributed by atoms with Crippen LogP contribution in [0.5, 0.6) is 0 Å². The summed E-state index contributed by atoms with van der Waals surface area (Å²) in [5.74, 6) is -0.179. The fraction of sp³-hybridized carbons (Fsp3) is 0.650. The maximum Gasteiger partial charge on any atom is 0.310 e. The molecule has 0 aliphatic heterocycles. The Kier molecular flexibility index (Phi) is 4.70. The van der Waals surface area contributed by atoms with E-state index in [0.717, 1.165) is 31.3 Å². The molecule has 122 valence electrons. The maximum atomic E-state index is 12.4. The summed E-state index contributed by atoms with van der Waals surface area (Å²) in [5.41, 5.74) is 1.86. The molecule has 2 aliphatic rings. The number of allylic oxidation sites excluding steroid dienone is 5. The lowest BCUT2D eigenvalue weighted by Crippen LogP contribution is -2.55. The highest BCUT2D eigenvalue weighted by molar-refractivity contribution is 5.76. The molecule has 0 bridgehead atoms. The van der Waals surface area contributed by atoms with Gasteiger partial charge in [0.1, 0.15) is 0 Å². The second-order valence-electron chi connectivity index (χ2n) is 7.58. The highest BCUT2D eigenvalue weighted by Gasteiger charge is 2.59. The van der Waals surface area contributed by atoms with Crippen molar-refractivity contribution in [3.05, 3.63) is 36.0 Å². The van der Waals surface area contributed by atoms with Crippen LogP contribution >= 0.6 is 0 Å². The molecule has 2 rings (SSSR count). The molecule has 0 aromatic heterocycles. The molecule has 1 saturated carbocycles. The summed E-state index contributed by atoms with van der Waals surface area (Å²) < 4.78 is 0. The van der Waals surface area contributed by atoms with E-state index in [0.29, 0.717) is 6.42 Å². The van der Waals surface area contributed by atoms with E-state index >= 15 is 0 Å². The van der Waals surface area contributed by atoms with Crippen LogP contribution < -0.4 is 0 Å². The zero-order chi connectivity index (χ0) is 16.5. The van der Waals surface area contributed by atoms with Crippen LogP contribution in [0.4, 0.5) is 0 Å². The van der Waals surface area contributed by atoms with Crippen LogP contribution in [0.3, 0.4) is 0 Å². The second kappa shape index (κ2) is 6.06. The molecule has 0 spiro atoms. The van der Waals surface area contributed by atoms with E-state index in [1.807, 2.05) is 13.0 Å². The van der Waals surface area contributed by atoms with Gasteiger partial charge in [-0.15, -0.1) is 0 Å². The molecular formula is C20H30O2. The van der Waals surface area contributed by atoms with Crippen LogP contribution in [0.15, 0.2) is 36.0 Å². The highest BCUT2D eigenvalue weighted by atomic mass is 16.4. The maximum absolute atomic E-state index is 12.4. The van der Waals surface area contributed by atoms with Crippen molar-refractivity contribution >= 4 is 5.97 Å². The average Bonchev–Trinajstić information content (AvgIpc) is 2.48. The Morgan fingerprint density at radius 2 is 2.18 bits per heavy atom. The van der Waals surface area contributed by atoms with Crippen molar-refractivity contribution < 1.29 is 9.90 Å². The van der Waals surface area contributed by atoms with Crippen LogP contribution in [0, 0.1) is 22.7 Å². The van der Waals surface area contributed by atoms with Gasteiger partial charge in [-0.3, -0.25) is 4.79 Å². The van der Waals surface area contributed by atoms with E-state index < -0.39 is 11.4 Å². The molecule has 2 nitrogen and oxygen atoms in total. The van der Waals surface area contributed by atoms with E-state index in [9.17, 15) is 9.90 Å². The van der Waals surface area contributed by atoms with Gasteiger partial charge in [0.25, 0.3) is 0 Å². The van der Waals surface area contributed by atoms with Crippen molar-refractivity contribution in [2.75, 3.05) is 0 Å². The number of hydrogen-bond donors (Lipinski definition) is 1. The minimum absolute atomic E-state index is 0.0407. The SMILES string of the molecule is C=C/C(C)=C\C[C@@]1(C(=O)O)[C@H](C)CC[C@@]2(C)C(C)=CCC[C@H]12. The lowest BCUT2D eigenvalue weighted by Gasteiger charge is -2.56. The first-order valence-corrected chi connectivity index (χ1v) is 8.49. The summed E-state index contributed by atoms with van der Waals surface area (Å²) >= 11 is 0. The molecule has 0 radical (unpaired) electrons. The van der Waals surface area contributed by atoms with Crippen molar-refractivity contribution in [3.8, 4) is 0 Å². The van der Waals surface area contributed by atoms with Crippen LogP contribution in [0.1, 0.15) is 59.8 Å². The van der Waals surface area contributed by atoms with Gasteiger partial charge in [-0.25, -0.2) is 0 Å². The minimum Gasteiger partial charge on any atom is -0.481 e. The third kappa shape index (κ3) is 2.47. The quantitative estimate of drug-likeness (QED) is 0.559. The summed E-state index contributed by atoms with van der Waals surface area (Å²) in [6, 6.07) is 0. The number of carboxylic acid groups (broad SMARTS) is 1. The van der Waals surface area contributed by atoms with E-state index in [1.165, 1.54) is 5.57 Å². The number of rotatable bonds is 4. The normalized spacial score (nSPS) is 38.9. The van der Waals surface area contributed by atoms with Crippen molar-refractivity contribution in [1.29, 1.82) is 0 Å². The van der Waals surface area contributed by atoms with Gasteiger partial charge in [0.05, 0.1) is 5.41 Å². The van der Waals surface area contributed by atoms with E-state index in [4.69, 9.17) is 0 Å². The van der Waals surface area contributed by atoms with Crippen LogP contribution in [-0.2, 0) is 4.79 Å². The van der Waals surface area contributed by atoms with Gasteiger partial charge < -0.3 is 5.11 Å². The predicted molar refractivity (Wildman–Crippen MR) is 91.6 cm³/mol. The van der Waals surface area contributed by atoms with Gasteiger partial charge >= 0.3 is 5.97 Å². The number of carboxylic acids is 1. The van der Waals surface area contributed by atoms with Gasteiger partial charge in [-0.2, -0.15) is 0 Å². The molecule has 0 heterocycles. The van der Waals surface area contributed by atoms with Crippen molar-refractivity contribution in [2.45, 2.75) is 59.8 Å². The Morgan fingerprint density at radius 3 is 2.77 bits per heavy atom. The topological polar surface area (TPSA) is 37.3 Å². The average molecular weight is 302 g/mol. The zero-order valence-electron chi connectivity index (χ0n) is 14.5. The van der Waals surface area contributed by atoms with Gasteiger partial charge in [0.2, 0.25) is 0 Å². The smallest absolute Gasteiger partial charge is 0.310 e.